The Hall–Kier alpha value is -0.900. The molecule has 14 heavy (non-hydrogen) atoms. The highest BCUT2D eigenvalue weighted by molar-refractivity contribution is 5.27. The Morgan fingerprint density at radius 1 is 1.50 bits per heavy atom. The molecule has 0 radical (unpaired) electrons. The molecule has 0 spiro atoms. The molecule has 1 unspecified atom stereocenters. The average Bonchev–Trinajstić information content (AvgIpc) is 2.19. The first-order chi connectivity index (χ1) is 6.60. The van der Waals surface area contributed by atoms with Crippen molar-refractivity contribution in [2.75, 3.05) is 13.7 Å². The number of rotatable bonds is 4. The lowest BCUT2D eigenvalue weighted by atomic mass is 9.95. The molecule has 3 heteroatoms. The molecule has 78 valence electrons. The van der Waals surface area contributed by atoms with Gasteiger partial charge in [0, 0.05) is 13.7 Å². The van der Waals surface area contributed by atoms with Gasteiger partial charge in [-0.25, -0.2) is 0 Å². The normalized spacial score (nSPS) is 15.1. The van der Waals surface area contributed by atoms with Crippen LogP contribution in [0.3, 0.4) is 0 Å². The van der Waals surface area contributed by atoms with E-state index in [4.69, 9.17) is 10.5 Å². The van der Waals surface area contributed by atoms with E-state index in [-0.39, 0.29) is 6.54 Å². The van der Waals surface area contributed by atoms with Gasteiger partial charge in [0.25, 0.3) is 0 Å². The van der Waals surface area contributed by atoms with Crippen molar-refractivity contribution in [3.8, 4) is 0 Å². The third-order valence-electron chi connectivity index (χ3n) is 2.26. The van der Waals surface area contributed by atoms with Gasteiger partial charge in [-0.15, -0.1) is 0 Å². The number of ether oxygens (including phenoxy) is 1. The van der Waals surface area contributed by atoms with Gasteiger partial charge < -0.3 is 15.6 Å². The zero-order valence-electron chi connectivity index (χ0n) is 8.66. The molecule has 3 nitrogen and oxygen atoms in total. The first-order valence-electron chi connectivity index (χ1n) is 4.61. The molecule has 3 N–H and O–H groups in total. The Morgan fingerprint density at radius 3 is 2.79 bits per heavy atom. The average molecular weight is 195 g/mol. The lowest BCUT2D eigenvalue weighted by Gasteiger charge is -2.22. The first kappa shape index (κ1) is 11.2. The molecule has 0 aliphatic carbocycles. The fraction of sp³-hybridized carbons (Fsp3) is 0.455. The van der Waals surface area contributed by atoms with E-state index in [1.54, 1.807) is 14.0 Å². The topological polar surface area (TPSA) is 55.5 Å². The standard InChI is InChI=1S/C11H17NO2/c1-11(13,8-12)10-5-3-4-9(6-10)7-14-2/h3-6,13H,7-8,12H2,1-2H3. The molecule has 0 heterocycles. The third-order valence-corrected chi connectivity index (χ3v) is 2.26. The SMILES string of the molecule is COCc1cccc(C(C)(O)CN)c1. The number of benzene rings is 1. The van der Waals surface area contributed by atoms with Crippen LogP contribution in [0.5, 0.6) is 0 Å². The first-order valence-corrected chi connectivity index (χ1v) is 4.61. The predicted octanol–water partition coefficient (Wildman–Crippen LogP) is 0.999. The molecule has 1 aromatic rings. The molecule has 0 aliphatic heterocycles. The maximum Gasteiger partial charge on any atom is 0.0990 e. The van der Waals surface area contributed by atoms with E-state index in [1.165, 1.54) is 0 Å². The number of aliphatic hydroxyl groups is 1. The summed E-state index contributed by atoms with van der Waals surface area (Å²) in [5, 5.41) is 9.92. The molecule has 0 bridgehead atoms. The Morgan fingerprint density at radius 2 is 2.21 bits per heavy atom. The highest BCUT2D eigenvalue weighted by atomic mass is 16.5. The second-order valence-corrected chi connectivity index (χ2v) is 3.61. The Kier molecular flexibility index (Phi) is 3.63. The minimum atomic E-state index is -0.955. The quantitative estimate of drug-likeness (QED) is 0.753. The van der Waals surface area contributed by atoms with Crippen molar-refractivity contribution in [3.63, 3.8) is 0 Å². The van der Waals surface area contributed by atoms with Crippen LogP contribution >= 0.6 is 0 Å². The van der Waals surface area contributed by atoms with E-state index in [0.717, 1.165) is 11.1 Å². The summed E-state index contributed by atoms with van der Waals surface area (Å²) in [5.74, 6) is 0. The summed E-state index contributed by atoms with van der Waals surface area (Å²) < 4.78 is 5.02. The van der Waals surface area contributed by atoms with Gasteiger partial charge in [0.1, 0.15) is 0 Å². The number of methoxy groups -OCH3 is 1. The van der Waals surface area contributed by atoms with Crippen molar-refractivity contribution in [2.45, 2.75) is 19.1 Å². The number of hydrogen-bond acceptors (Lipinski definition) is 3. The van der Waals surface area contributed by atoms with Crippen molar-refractivity contribution in [1.82, 2.24) is 0 Å². The van der Waals surface area contributed by atoms with Gasteiger partial charge >= 0.3 is 0 Å². The predicted molar refractivity (Wildman–Crippen MR) is 55.8 cm³/mol. The molecule has 0 saturated carbocycles. The van der Waals surface area contributed by atoms with Gasteiger partial charge in [-0.05, 0) is 18.1 Å². The van der Waals surface area contributed by atoms with Gasteiger partial charge in [-0.1, -0.05) is 24.3 Å². The van der Waals surface area contributed by atoms with Crippen LogP contribution in [0.1, 0.15) is 18.1 Å². The molecule has 0 aromatic heterocycles. The fourth-order valence-electron chi connectivity index (χ4n) is 1.28. The van der Waals surface area contributed by atoms with E-state index in [1.807, 2.05) is 24.3 Å². The molecule has 0 aliphatic rings. The van der Waals surface area contributed by atoms with E-state index < -0.39 is 5.60 Å². The molecule has 0 saturated heterocycles. The van der Waals surface area contributed by atoms with Crippen molar-refractivity contribution < 1.29 is 9.84 Å². The second kappa shape index (κ2) is 4.55. The van der Waals surface area contributed by atoms with Crippen LogP contribution in [0.15, 0.2) is 24.3 Å². The summed E-state index contributed by atoms with van der Waals surface area (Å²) in [6.45, 7) is 2.47. The van der Waals surface area contributed by atoms with Gasteiger partial charge in [0.05, 0.1) is 12.2 Å². The van der Waals surface area contributed by atoms with E-state index in [9.17, 15) is 5.11 Å². The zero-order chi connectivity index (χ0) is 10.6. The maximum atomic E-state index is 9.92. The molecular formula is C11H17NO2. The van der Waals surface area contributed by atoms with Crippen LogP contribution in [-0.2, 0) is 16.9 Å². The Balaban J connectivity index is 2.93. The third kappa shape index (κ3) is 2.54. The number of nitrogens with two attached hydrogens (primary N) is 1. The molecule has 1 atom stereocenters. The summed E-state index contributed by atoms with van der Waals surface area (Å²) in [6, 6.07) is 7.63. The second-order valence-electron chi connectivity index (χ2n) is 3.61. The van der Waals surface area contributed by atoms with Crippen LogP contribution in [0.4, 0.5) is 0 Å². The van der Waals surface area contributed by atoms with Crippen LogP contribution in [0.2, 0.25) is 0 Å². The Labute approximate surface area is 84.5 Å². The molecule has 1 rings (SSSR count). The number of hydrogen-bond donors (Lipinski definition) is 2. The zero-order valence-corrected chi connectivity index (χ0v) is 8.66. The minimum absolute atomic E-state index is 0.212. The van der Waals surface area contributed by atoms with E-state index in [2.05, 4.69) is 0 Å². The van der Waals surface area contributed by atoms with Gasteiger partial charge in [-0.2, -0.15) is 0 Å². The monoisotopic (exact) mass is 195 g/mol. The van der Waals surface area contributed by atoms with Crippen molar-refractivity contribution in [1.29, 1.82) is 0 Å². The summed E-state index contributed by atoms with van der Waals surface area (Å²) in [6.07, 6.45) is 0. The smallest absolute Gasteiger partial charge is 0.0990 e. The van der Waals surface area contributed by atoms with Crippen LogP contribution in [0, 0.1) is 0 Å². The summed E-state index contributed by atoms with van der Waals surface area (Å²) in [4.78, 5) is 0. The molecule has 0 fully saturated rings. The highest BCUT2D eigenvalue weighted by Gasteiger charge is 2.20. The van der Waals surface area contributed by atoms with Crippen LogP contribution in [0.25, 0.3) is 0 Å². The molecular weight excluding hydrogens is 178 g/mol. The van der Waals surface area contributed by atoms with Crippen molar-refractivity contribution in [3.05, 3.63) is 35.4 Å². The highest BCUT2D eigenvalue weighted by Crippen LogP contribution is 2.20. The summed E-state index contributed by atoms with van der Waals surface area (Å²) in [5.41, 5.74) is 6.40. The largest absolute Gasteiger partial charge is 0.384 e. The van der Waals surface area contributed by atoms with Gasteiger partial charge in [-0.3, -0.25) is 0 Å². The Bertz CT molecular complexity index is 297. The van der Waals surface area contributed by atoms with Gasteiger partial charge in [0.2, 0.25) is 0 Å². The fourth-order valence-corrected chi connectivity index (χ4v) is 1.28. The summed E-state index contributed by atoms with van der Waals surface area (Å²) in [7, 11) is 1.65. The van der Waals surface area contributed by atoms with Crippen LogP contribution in [-0.4, -0.2) is 18.8 Å². The van der Waals surface area contributed by atoms with Gasteiger partial charge in [0.15, 0.2) is 0 Å². The van der Waals surface area contributed by atoms with E-state index in [0.29, 0.717) is 6.61 Å². The minimum Gasteiger partial charge on any atom is -0.384 e. The van der Waals surface area contributed by atoms with E-state index >= 15 is 0 Å². The van der Waals surface area contributed by atoms with Crippen molar-refractivity contribution >= 4 is 0 Å². The maximum absolute atomic E-state index is 9.92. The lowest BCUT2D eigenvalue weighted by molar-refractivity contribution is 0.0665. The molecule has 1 aromatic carbocycles. The summed E-state index contributed by atoms with van der Waals surface area (Å²) >= 11 is 0. The van der Waals surface area contributed by atoms with Crippen molar-refractivity contribution in [2.24, 2.45) is 5.73 Å². The molecule has 0 amide bonds. The lowest BCUT2D eigenvalue weighted by Crippen LogP contribution is -2.31. The van der Waals surface area contributed by atoms with Crippen LogP contribution < -0.4 is 5.73 Å².